The van der Waals surface area contributed by atoms with Gasteiger partial charge in [0.15, 0.2) is 0 Å². The molecule has 1 aromatic heterocycles. The van der Waals surface area contributed by atoms with Gasteiger partial charge in [-0.25, -0.2) is 4.79 Å². The number of carboxylic acid groups (broad SMARTS) is 1. The summed E-state index contributed by atoms with van der Waals surface area (Å²) < 4.78 is 5.32. The maximum atomic E-state index is 10.9. The minimum atomic E-state index is -0.953. The largest absolute Gasteiger partial charge is 0.496 e. The lowest BCUT2D eigenvalue weighted by molar-refractivity contribution is 0.0691. The number of ether oxygens (including phenoxy) is 1. The first-order chi connectivity index (χ1) is 8.02. The van der Waals surface area contributed by atoms with Crippen LogP contribution in [0.15, 0.2) is 18.2 Å². The van der Waals surface area contributed by atoms with Crippen molar-refractivity contribution in [1.82, 2.24) is 4.98 Å². The summed E-state index contributed by atoms with van der Waals surface area (Å²) in [6, 6.07) is 5.46. The third kappa shape index (κ3) is 1.98. The highest BCUT2D eigenvalue weighted by atomic mass is 16.5. The number of rotatable bonds is 3. The van der Waals surface area contributed by atoms with Gasteiger partial charge in [0.25, 0.3) is 0 Å². The van der Waals surface area contributed by atoms with E-state index >= 15 is 0 Å². The Morgan fingerprint density at radius 1 is 1.35 bits per heavy atom. The van der Waals surface area contributed by atoms with Gasteiger partial charge in [-0.15, -0.1) is 0 Å². The molecule has 0 atom stereocenters. The van der Waals surface area contributed by atoms with E-state index in [0.29, 0.717) is 5.92 Å². The smallest absolute Gasteiger partial charge is 0.352 e. The number of benzene rings is 1. The normalized spacial score (nSPS) is 11.1. The predicted octanol–water partition coefficient (Wildman–Crippen LogP) is 3.00. The Balaban J connectivity index is 2.65. The van der Waals surface area contributed by atoms with E-state index in [4.69, 9.17) is 9.84 Å². The molecule has 2 aromatic rings. The van der Waals surface area contributed by atoms with Gasteiger partial charge in [-0.05, 0) is 23.6 Å². The summed E-state index contributed by atoms with van der Waals surface area (Å²) in [5, 5.41) is 9.82. The average molecular weight is 233 g/mol. The van der Waals surface area contributed by atoms with Crippen LogP contribution in [0.2, 0.25) is 0 Å². The summed E-state index contributed by atoms with van der Waals surface area (Å²) in [5.41, 5.74) is 2.06. The van der Waals surface area contributed by atoms with Gasteiger partial charge >= 0.3 is 5.97 Å². The van der Waals surface area contributed by atoms with Crippen LogP contribution in [0.25, 0.3) is 10.9 Å². The van der Waals surface area contributed by atoms with Crippen LogP contribution in [-0.2, 0) is 0 Å². The minimum Gasteiger partial charge on any atom is -0.496 e. The van der Waals surface area contributed by atoms with E-state index in [1.165, 1.54) is 0 Å². The van der Waals surface area contributed by atoms with Crippen LogP contribution in [0.5, 0.6) is 5.75 Å². The number of aromatic carboxylic acids is 1. The van der Waals surface area contributed by atoms with E-state index < -0.39 is 5.97 Å². The second-order valence-corrected chi connectivity index (χ2v) is 4.32. The number of hydrogen-bond donors (Lipinski definition) is 2. The van der Waals surface area contributed by atoms with Crippen molar-refractivity contribution in [2.75, 3.05) is 7.11 Å². The number of fused-ring (bicyclic) bond motifs is 1. The first-order valence-electron chi connectivity index (χ1n) is 5.47. The second kappa shape index (κ2) is 4.13. The molecule has 0 fully saturated rings. The third-order valence-corrected chi connectivity index (χ3v) is 2.82. The molecule has 2 rings (SSSR count). The third-order valence-electron chi connectivity index (χ3n) is 2.82. The Hall–Kier alpha value is -1.97. The molecule has 4 heteroatoms. The van der Waals surface area contributed by atoms with Crippen LogP contribution < -0.4 is 4.74 Å². The molecule has 0 saturated heterocycles. The number of methoxy groups -OCH3 is 1. The lowest BCUT2D eigenvalue weighted by Gasteiger charge is -2.11. The second-order valence-electron chi connectivity index (χ2n) is 4.32. The fraction of sp³-hybridized carbons (Fsp3) is 0.308. The average Bonchev–Trinajstić information content (AvgIpc) is 2.69. The first kappa shape index (κ1) is 11.5. The predicted molar refractivity (Wildman–Crippen MR) is 65.9 cm³/mol. The molecule has 0 amide bonds. The van der Waals surface area contributed by atoms with Crippen molar-refractivity contribution in [2.45, 2.75) is 19.8 Å². The molecular weight excluding hydrogens is 218 g/mol. The van der Waals surface area contributed by atoms with Crippen LogP contribution in [0.3, 0.4) is 0 Å². The van der Waals surface area contributed by atoms with E-state index in [1.807, 2.05) is 12.1 Å². The van der Waals surface area contributed by atoms with Gasteiger partial charge in [0.1, 0.15) is 11.4 Å². The van der Waals surface area contributed by atoms with Crippen LogP contribution in [0.1, 0.15) is 35.8 Å². The Morgan fingerprint density at radius 2 is 2.06 bits per heavy atom. The maximum absolute atomic E-state index is 10.9. The van der Waals surface area contributed by atoms with Crippen LogP contribution in [-0.4, -0.2) is 23.2 Å². The van der Waals surface area contributed by atoms with Gasteiger partial charge in [0, 0.05) is 17.0 Å². The summed E-state index contributed by atoms with van der Waals surface area (Å²) >= 11 is 0. The highest BCUT2D eigenvalue weighted by molar-refractivity contribution is 5.94. The van der Waals surface area contributed by atoms with E-state index in [9.17, 15) is 4.79 Å². The lowest BCUT2D eigenvalue weighted by atomic mass is 10.0. The van der Waals surface area contributed by atoms with Gasteiger partial charge in [-0.2, -0.15) is 0 Å². The Kier molecular flexibility index (Phi) is 2.79. The SMILES string of the molecule is COc1cc2[nH]c(C(=O)O)cc2cc1C(C)C. The molecule has 0 saturated carbocycles. The molecule has 2 N–H and O–H groups in total. The molecule has 0 spiro atoms. The molecule has 0 aliphatic carbocycles. The minimum absolute atomic E-state index is 0.197. The van der Waals surface area contributed by atoms with Crippen molar-refractivity contribution in [3.05, 3.63) is 29.5 Å². The number of H-pyrrole nitrogens is 1. The fourth-order valence-corrected chi connectivity index (χ4v) is 1.92. The van der Waals surface area contributed by atoms with Crippen molar-refractivity contribution in [3.8, 4) is 5.75 Å². The summed E-state index contributed by atoms with van der Waals surface area (Å²) in [5.74, 6) is 0.162. The maximum Gasteiger partial charge on any atom is 0.352 e. The molecule has 90 valence electrons. The lowest BCUT2D eigenvalue weighted by Crippen LogP contribution is -1.95. The van der Waals surface area contributed by atoms with E-state index in [0.717, 1.165) is 22.2 Å². The number of hydrogen-bond acceptors (Lipinski definition) is 2. The van der Waals surface area contributed by atoms with Crippen LogP contribution in [0.4, 0.5) is 0 Å². The van der Waals surface area contributed by atoms with Crippen LogP contribution >= 0.6 is 0 Å². The molecule has 0 radical (unpaired) electrons. The molecular formula is C13H15NO3. The fourth-order valence-electron chi connectivity index (χ4n) is 1.92. The van der Waals surface area contributed by atoms with Gasteiger partial charge in [-0.1, -0.05) is 13.8 Å². The highest BCUT2D eigenvalue weighted by Gasteiger charge is 2.13. The summed E-state index contributed by atoms with van der Waals surface area (Å²) in [4.78, 5) is 13.7. The molecule has 0 aliphatic rings. The monoisotopic (exact) mass is 233 g/mol. The Morgan fingerprint density at radius 3 is 2.59 bits per heavy atom. The number of aromatic amines is 1. The van der Waals surface area contributed by atoms with Crippen molar-refractivity contribution in [3.63, 3.8) is 0 Å². The summed E-state index contributed by atoms with van der Waals surface area (Å²) in [6.07, 6.45) is 0. The zero-order valence-corrected chi connectivity index (χ0v) is 10.1. The molecule has 17 heavy (non-hydrogen) atoms. The van der Waals surface area contributed by atoms with E-state index in [1.54, 1.807) is 13.2 Å². The summed E-state index contributed by atoms with van der Waals surface area (Å²) in [7, 11) is 1.62. The topological polar surface area (TPSA) is 62.3 Å². The van der Waals surface area contributed by atoms with Crippen molar-refractivity contribution in [2.24, 2.45) is 0 Å². The van der Waals surface area contributed by atoms with Crippen molar-refractivity contribution < 1.29 is 14.6 Å². The number of carbonyl (C=O) groups is 1. The van der Waals surface area contributed by atoms with Gasteiger partial charge in [0.05, 0.1) is 7.11 Å². The number of aromatic nitrogens is 1. The van der Waals surface area contributed by atoms with Gasteiger partial charge < -0.3 is 14.8 Å². The highest BCUT2D eigenvalue weighted by Crippen LogP contribution is 2.31. The molecule has 4 nitrogen and oxygen atoms in total. The number of nitrogens with one attached hydrogen (secondary N) is 1. The van der Waals surface area contributed by atoms with Gasteiger partial charge in [0.2, 0.25) is 0 Å². The molecule has 1 aromatic carbocycles. The summed E-state index contributed by atoms with van der Waals surface area (Å²) in [6.45, 7) is 4.16. The zero-order chi connectivity index (χ0) is 12.6. The molecule has 0 bridgehead atoms. The quantitative estimate of drug-likeness (QED) is 0.856. The van der Waals surface area contributed by atoms with Crippen molar-refractivity contribution in [1.29, 1.82) is 0 Å². The van der Waals surface area contributed by atoms with Crippen molar-refractivity contribution >= 4 is 16.9 Å². The van der Waals surface area contributed by atoms with Crippen LogP contribution in [0, 0.1) is 0 Å². The molecule has 0 aliphatic heterocycles. The Labute approximate surface area is 99.2 Å². The van der Waals surface area contributed by atoms with E-state index in [2.05, 4.69) is 18.8 Å². The molecule has 0 unspecified atom stereocenters. The molecule has 1 heterocycles. The number of carboxylic acids is 1. The van der Waals surface area contributed by atoms with Gasteiger partial charge in [-0.3, -0.25) is 0 Å². The Bertz CT molecular complexity index is 569. The van der Waals surface area contributed by atoms with E-state index in [-0.39, 0.29) is 5.69 Å². The zero-order valence-electron chi connectivity index (χ0n) is 10.1. The first-order valence-corrected chi connectivity index (χ1v) is 5.47. The standard InChI is InChI=1S/C13H15NO3/c1-7(2)9-4-8-5-11(13(15)16)14-10(8)6-12(9)17-3/h4-7,14H,1-3H3,(H,15,16).